The van der Waals surface area contributed by atoms with E-state index in [2.05, 4.69) is 30.9 Å². The second-order valence-corrected chi connectivity index (χ2v) is 4.76. The highest BCUT2D eigenvalue weighted by Gasteiger charge is 2.11. The molecule has 1 aromatic rings. The van der Waals surface area contributed by atoms with Gasteiger partial charge in [-0.1, -0.05) is 20.8 Å². The molecular weight excluding hydrogens is 210 g/mol. The number of nitrogens with zero attached hydrogens (tertiary/aromatic N) is 3. The zero-order valence-corrected chi connectivity index (χ0v) is 10.5. The molecule has 0 aromatic carbocycles. The van der Waals surface area contributed by atoms with Crippen molar-refractivity contribution in [3.05, 3.63) is 12.2 Å². The number of halogens is 1. The standard InChI is InChI=1S/C11H20ClN3/c1-4-7-15-11(13-8-14-15)6-5-10(12)9(2)3/h8-10H,4-7H2,1-3H3. The first-order valence-corrected chi connectivity index (χ1v) is 6.09. The van der Waals surface area contributed by atoms with E-state index in [4.69, 9.17) is 11.6 Å². The lowest BCUT2D eigenvalue weighted by Crippen LogP contribution is -2.12. The average Bonchev–Trinajstić information content (AvgIpc) is 2.62. The Morgan fingerprint density at radius 2 is 2.20 bits per heavy atom. The van der Waals surface area contributed by atoms with Crippen LogP contribution in [0.3, 0.4) is 0 Å². The number of aryl methyl sites for hydroxylation is 2. The van der Waals surface area contributed by atoms with E-state index in [1.165, 1.54) is 0 Å². The predicted molar refractivity (Wildman–Crippen MR) is 63.1 cm³/mol. The average molecular weight is 230 g/mol. The van der Waals surface area contributed by atoms with Crippen LogP contribution in [-0.2, 0) is 13.0 Å². The molecule has 0 aliphatic carbocycles. The molecule has 0 aliphatic heterocycles. The number of aromatic nitrogens is 3. The van der Waals surface area contributed by atoms with Crippen LogP contribution >= 0.6 is 11.6 Å². The van der Waals surface area contributed by atoms with Crippen LogP contribution in [0.2, 0.25) is 0 Å². The maximum atomic E-state index is 6.20. The summed E-state index contributed by atoms with van der Waals surface area (Å²) >= 11 is 6.20. The van der Waals surface area contributed by atoms with E-state index >= 15 is 0 Å². The molecule has 0 fully saturated rings. The van der Waals surface area contributed by atoms with Gasteiger partial charge in [0.1, 0.15) is 12.2 Å². The highest BCUT2D eigenvalue weighted by Crippen LogP contribution is 2.15. The zero-order chi connectivity index (χ0) is 11.3. The van der Waals surface area contributed by atoms with Crippen molar-refractivity contribution in [1.82, 2.24) is 14.8 Å². The molecule has 0 aliphatic rings. The van der Waals surface area contributed by atoms with Gasteiger partial charge in [0.25, 0.3) is 0 Å². The molecule has 1 aromatic heterocycles. The van der Waals surface area contributed by atoms with Crippen LogP contribution in [0.5, 0.6) is 0 Å². The van der Waals surface area contributed by atoms with Gasteiger partial charge < -0.3 is 0 Å². The third kappa shape index (κ3) is 3.82. The van der Waals surface area contributed by atoms with Gasteiger partial charge in [0.2, 0.25) is 0 Å². The Balaban J connectivity index is 2.46. The van der Waals surface area contributed by atoms with Gasteiger partial charge >= 0.3 is 0 Å². The van der Waals surface area contributed by atoms with Crippen molar-refractivity contribution in [3.63, 3.8) is 0 Å². The molecule has 0 N–H and O–H groups in total. The summed E-state index contributed by atoms with van der Waals surface area (Å²) in [5.41, 5.74) is 0. The van der Waals surface area contributed by atoms with Gasteiger partial charge in [-0.15, -0.1) is 11.6 Å². The molecule has 3 nitrogen and oxygen atoms in total. The summed E-state index contributed by atoms with van der Waals surface area (Å²) in [5.74, 6) is 1.58. The number of alkyl halides is 1. The van der Waals surface area contributed by atoms with Gasteiger partial charge in [0, 0.05) is 18.3 Å². The molecule has 4 heteroatoms. The van der Waals surface area contributed by atoms with Gasteiger partial charge in [-0.25, -0.2) is 4.98 Å². The van der Waals surface area contributed by atoms with Gasteiger partial charge in [-0.05, 0) is 18.8 Å². The molecule has 86 valence electrons. The van der Waals surface area contributed by atoms with E-state index in [0.717, 1.165) is 31.6 Å². The SMILES string of the molecule is CCCn1ncnc1CCC(Cl)C(C)C. The quantitative estimate of drug-likeness (QED) is 0.703. The molecule has 0 bridgehead atoms. The van der Waals surface area contributed by atoms with Crippen LogP contribution in [-0.4, -0.2) is 20.1 Å². The van der Waals surface area contributed by atoms with Crippen molar-refractivity contribution >= 4 is 11.6 Å². The predicted octanol–water partition coefficient (Wildman–Crippen LogP) is 2.88. The smallest absolute Gasteiger partial charge is 0.138 e. The topological polar surface area (TPSA) is 30.7 Å². The normalized spacial score (nSPS) is 13.4. The molecule has 0 amide bonds. The second kappa shape index (κ2) is 6.11. The fourth-order valence-corrected chi connectivity index (χ4v) is 1.59. The third-order valence-electron chi connectivity index (χ3n) is 2.50. The van der Waals surface area contributed by atoms with E-state index in [1.54, 1.807) is 6.33 Å². The second-order valence-electron chi connectivity index (χ2n) is 4.20. The van der Waals surface area contributed by atoms with Crippen LogP contribution in [0.4, 0.5) is 0 Å². The first kappa shape index (κ1) is 12.5. The fraction of sp³-hybridized carbons (Fsp3) is 0.818. The van der Waals surface area contributed by atoms with Gasteiger partial charge in [0.15, 0.2) is 0 Å². The summed E-state index contributed by atoms with van der Waals surface area (Å²) in [6.45, 7) is 7.39. The van der Waals surface area contributed by atoms with E-state index < -0.39 is 0 Å². The van der Waals surface area contributed by atoms with Crippen molar-refractivity contribution in [1.29, 1.82) is 0 Å². The Morgan fingerprint density at radius 1 is 1.47 bits per heavy atom. The van der Waals surface area contributed by atoms with Crippen LogP contribution in [0.15, 0.2) is 6.33 Å². The molecule has 0 saturated heterocycles. The lowest BCUT2D eigenvalue weighted by atomic mass is 10.1. The number of hydrogen-bond acceptors (Lipinski definition) is 2. The Bertz CT molecular complexity index is 283. The highest BCUT2D eigenvalue weighted by atomic mass is 35.5. The summed E-state index contributed by atoms with van der Waals surface area (Å²) in [7, 11) is 0. The maximum absolute atomic E-state index is 6.20. The van der Waals surface area contributed by atoms with Crippen molar-refractivity contribution in [3.8, 4) is 0 Å². The molecule has 1 unspecified atom stereocenters. The molecular formula is C11H20ClN3. The Hall–Kier alpha value is -0.570. The van der Waals surface area contributed by atoms with Gasteiger partial charge in [-0.2, -0.15) is 5.10 Å². The summed E-state index contributed by atoms with van der Waals surface area (Å²) in [6.07, 6.45) is 4.61. The minimum absolute atomic E-state index is 0.233. The van der Waals surface area contributed by atoms with E-state index in [9.17, 15) is 0 Å². The lowest BCUT2D eigenvalue weighted by molar-refractivity contribution is 0.526. The molecule has 0 radical (unpaired) electrons. The number of hydrogen-bond donors (Lipinski definition) is 0. The molecule has 1 heterocycles. The molecule has 1 rings (SSSR count). The summed E-state index contributed by atoms with van der Waals surface area (Å²) < 4.78 is 1.98. The minimum Gasteiger partial charge on any atom is -0.250 e. The van der Waals surface area contributed by atoms with Crippen molar-refractivity contribution in [2.24, 2.45) is 5.92 Å². The fourth-order valence-electron chi connectivity index (χ4n) is 1.48. The van der Waals surface area contributed by atoms with Crippen LogP contribution in [0.1, 0.15) is 39.4 Å². The summed E-state index contributed by atoms with van der Waals surface area (Å²) in [6, 6.07) is 0. The van der Waals surface area contributed by atoms with E-state index in [0.29, 0.717) is 5.92 Å². The van der Waals surface area contributed by atoms with E-state index in [-0.39, 0.29) is 5.38 Å². The van der Waals surface area contributed by atoms with E-state index in [1.807, 2.05) is 4.68 Å². The molecule has 0 spiro atoms. The first-order valence-electron chi connectivity index (χ1n) is 5.65. The van der Waals surface area contributed by atoms with Crippen LogP contribution < -0.4 is 0 Å². The summed E-state index contributed by atoms with van der Waals surface area (Å²) in [4.78, 5) is 4.26. The third-order valence-corrected chi connectivity index (χ3v) is 3.22. The first-order chi connectivity index (χ1) is 7.15. The minimum atomic E-state index is 0.233. The molecule has 0 saturated carbocycles. The molecule has 15 heavy (non-hydrogen) atoms. The maximum Gasteiger partial charge on any atom is 0.138 e. The Kier molecular flexibility index (Phi) is 5.09. The summed E-state index contributed by atoms with van der Waals surface area (Å²) in [5, 5.41) is 4.42. The molecule has 1 atom stereocenters. The van der Waals surface area contributed by atoms with Crippen LogP contribution in [0.25, 0.3) is 0 Å². The highest BCUT2D eigenvalue weighted by molar-refractivity contribution is 6.20. The van der Waals surface area contributed by atoms with Crippen molar-refractivity contribution in [2.45, 2.75) is 52.0 Å². The number of rotatable bonds is 6. The lowest BCUT2D eigenvalue weighted by Gasteiger charge is -2.12. The Labute approximate surface area is 96.8 Å². The van der Waals surface area contributed by atoms with Gasteiger partial charge in [0.05, 0.1) is 0 Å². The van der Waals surface area contributed by atoms with Crippen molar-refractivity contribution < 1.29 is 0 Å². The monoisotopic (exact) mass is 229 g/mol. The Morgan fingerprint density at radius 3 is 2.80 bits per heavy atom. The van der Waals surface area contributed by atoms with Crippen molar-refractivity contribution in [2.75, 3.05) is 0 Å². The largest absolute Gasteiger partial charge is 0.250 e. The van der Waals surface area contributed by atoms with Crippen LogP contribution in [0, 0.1) is 5.92 Å². The zero-order valence-electron chi connectivity index (χ0n) is 9.78. The van der Waals surface area contributed by atoms with Gasteiger partial charge in [-0.3, -0.25) is 4.68 Å².